The van der Waals surface area contributed by atoms with Crippen molar-refractivity contribution in [1.82, 2.24) is 15.0 Å². The van der Waals surface area contributed by atoms with Crippen LogP contribution < -0.4 is 0 Å². The average molecular weight is 794 g/mol. The van der Waals surface area contributed by atoms with Crippen LogP contribution in [0.15, 0.2) is 221 Å². The number of fused-ring (bicyclic) bond motifs is 6. The quantitative estimate of drug-likeness (QED) is 0.161. The van der Waals surface area contributed by atoms with Gasteiger partial charge in [0, 0.05) is 54.9 Å². The smallest absolute Gasteiger partial charge is 0.164 e. The molecule has 9 aromatic carbocycles. The molecule has 3 aromatic heterocycles. The van der Waals surface area contributed by atoms with Gasteiger partial charge in [-0.3, -0.25) is 0 Å². The van der Waals surface area contributed by atoms with E-state index in [9.17, 15) is 0 Å². The molecule has 5 heteroatoms. The van der Waals surface area contributed by atoms with Gasteiger partial charge in [0.2, 0.25) is 0 Å². The Balaban J connectivity index is 1.13. The van der Waals surface area contributed by atoms with Gasteiger partial charge in [-0.05, 0) is 58.1 Å². The van der Waals surface area contributed by atoms with Gasteiger partial charge >= 0.3 is 0 Å². The summed E-state index contributed by atoms with van der Waals surface area (Å²) in [5.74, 6) is 1.82. The lowest BCUT2D eigenvalue weighted by Gasteiger charge is -2.11. The molecule has 0 bridgehead atoms. The maximum atomic E-state index is 7.28. The van der Waals surface area contributed by atoms with Gasteiger partial charge in [0.05, 0.1) is 0 Å². The first-order valence-electron chi connectivity index (χ1n) is 20.8. The third kappa shape index (κ3) is 6.06. The fourth-order valence-corrected chi connectivity index (χ4v) is 8.79. The number of nitrogens with zero attached hydrogens (tertiary/aromatic N) is 3. The molecule has 3 heterocycles. The molecule has 0 spiro atoms. The van der Waals surface area contributed by atoms with E-state index in [1.165, 1.54) is 0 Å². The lowest BCUT2D eigenvalue weighted by atomic mass is 9.91. The topological polar surface area (TPSA) is 65.0 Å². The van der Waals surface area contributed by atoms with Crippen LogP contribution in [-0.4, -0.2) is 15.0 Å². The molecule has 0 unspecified atom stereocenters. The van der Waals surface area contributed by atoms with Gasteiger partial charge in [0.15, 0.2) is 17.5 Å². The molecule has 12 rings (SSSR count). The zero-order valence-corrected chi connectivity index (χ0v) is 33.4. The third-order valence-corrected chi connectivity index (χ3v) is 11.7. The Morgan fingerprint density at radius 3 is 1.47 bits per heavy atom. The Hall–Kier alpha value is -8.41. The van der Waals surface area contributed by atoms with E-state index in [-0.39, 0.29) is 0 Å². The molecule has 0 aliphatic rings. The first-order chi connectivity index (χ1) is 30.7. The minimum atomic E-state index is 0.590. The molecule has 62 heavy (non-hydrogen) atoms. The van der Waals surface area contributed by atoms with Gasteiger partial charge in [0.25, 0.3) is 0 Å². The number of rotatable bonds is 7. The normalized spacial score (nSPS) is 11.5. The van der Waals surface area contributed by atoms with Crippen LogP contribution in [-0.2, 0) is 0 Å². The molecular weight excluding hydrogens is 759 g/mol. The van der Waals surface area contributed by atoms with Crippen molar-refractivity contribution in [2.45, 2.75) is 0 Å². The van der Waals surface area contributed by atoms with Gasteiger partial charge in [-0.2, -0.15) is 0 Å². The monoisotopic (exact) mass is 793 g/mol. The van der Waals surface area contributed by atoms with Gasteiger partial charge in [-0.1, -0.05) is 182 Å². The molecule has 0 saturated heterocycles. The van der Waals surface area contributed by atoms with Crippen LogP contribution in [0.5, 0.6) is 0 Å². The molecule has 0 aliphatic carbocycles. The SMILES string of the molecule is c1ccc(-c2cc(-c3ccccc3)c3oc4c(-c5cccc(-c6nc(-c7ccccc7)nc(-c7ccccc7)n6)c5)ccc(-c5cccc6c5oc5ccccc56)c4c3c2)cc1. The molecule has 0 saturated carbocycles. The lowest BCUT2D eigenvalue weighted by molar-refractivity contribution is 0.670. The fraction of sp³-hybridized carbons (Fsp3) is 0. The molecule has 0 amide bonds. The van der Waals surface area contributed by atoms with Crippen molar-refractivity contribution >= 4 is 43.9 Å². The van der Waals surface area contributed by atoms with Crippen molar-refractivity contribution in [3.63, 3.8) is 0 Å². The highest BCUT2D eigenvalue weighted by Crippen LogP contribution is 2.48. The maximum Gasteiger partial charge on any atom is 0.164 e. The molecular formula is C57H35N3O2. The van der Waals surface area contributed by atoms with Gasteiger partial charge in [0.1, 0.15) is 22.3 Å². The minimum absolute atomic E-state index is 0.590. The number of aromatic nitrogens is 3. The summed E-state index contributed by atoms with van der Waals surface area (Å²) in [6.45, 7) is 0. The van der Waals surface area contributed by atoms with E-state index < -0.39 is 0 Å². The summed E-state index contributed by atoms with van der Waals surface area (Å²) in [6.07, 6.45) is 0. The summed E-state index contributed by atoms with van der Waals surface area (Å²) in [5, 5.41) is 4.21. The van der Waals surface area contributed by atoms with E-state index in [0.29, 0.717) is 17.5 Å². The van der Waals surface area contributed by atoms with Crippen molar-refractivity contribution in [3.05, 3.63) is 212 Å². The second-order valence-electron chi connectivity index (χ2n) is 15.5. The van der Waals surface area contributed by atoms with E-state index in [1.54, 1.807) is 0 Å². The highest BCUT2D eigenvalue weighted by molar-refractivity contribution is 6.22. The molecule has 0 atom stereocenters. The molecule has 5 nitrogen and oxygen atoms in total. The second-order valence-corrected chi connectivity index (χ2v) is 15.5. The summed E-state index contributed by atoms with van der Waals surface area (Å²) in [6, 6.07) is 73.3. The van der Waals surface area contributed by atoms with Gasteiger partial charge in [-0.15, -0.1) is 0 Å². The highest BCUT2D eigenvalue weighted by atomic mass is 16.3. The van der Waals surface area contributed by atoms with E-state index in [2.05, 4.69) is 140 Å². The van der Waals surface area contributed by atoms with Crippen molar-refractivity contribution in [2.75, 3.05) is 0 Å². The number of hydrogen-bond donors (Lipinski definition) is 0. The molecule has 0 aliphatic heterocycles. The first-order valence-corrected chi connectivity index (χ1v) is 20.8. The van der Waals surface area contributed by atoms with Crippen LogP contribution in [0.25, 0.3) is 123 Å². The van der Waals surface area contributed by atoms with Crippen molar-refractivity contribution in [3.8, 4) is 78.7 Å². The zero-order chi connectivity index (χ0) is 41.0. The lowest BCUT2D eigenvalue weighted by Crippen LogP contribution is -2.00. The number of benzene rings is 9. The molecule has 290 valence electrons. The summed E-state index contributed by atoms with van der Waals surface area (Å²) in [5.41, 5.74) is 14.4. The van der Waals surface area contributed by atoms with E-state index >= 15 is 0 Å². The van der Waals surface area contributed by atoms with Crippen LogP contribution in [0.2, 0.25) is 0 Å². The Morgan fingerprint density at radius 1 is 0.258 bits per heavy atom. The number of para-hydroxylation sites is 2. The van der Waals surface area contributed by atoms with E-state index in [4.69, 9.17) is 23.8 Å². The Bertz CT molecular complexity index is 3560. The molecule has 12 aromatic rings. The van der Waals surface area contributed by atoms with Gasteiger partial charge in [-0.25, -0.2) is 15.0 Å². The maximum absolute atomic E-state index is 7.28. The predicted molar refractivity (Wildman–Crippen MR) is 252 cm³/mol. The standard InChI is InChI=1S/C57H35N3O2/c1-5-17-36(18-6-1)42-34-48(37-19-7-2-8-20-37)53-49(35-42)51-45(47-29-16-28-46-44-27-13-14-30-50(44)61-52(46)47)32-31-43(54(51)62-53)40-25-15-26-41(33-40)57-59-55(38-21-9-3-10-22-38)58-56(60-57)39-23-11-4-12-24-39/h1-35H. The largest absolute Gasteiger partial charge is 0.455 e. The molecule has 0 fully saturated rings. The first kappa shape index (κ1) is 35.5. The summed E-state index contributed by atoms with van der Waals surface area (Å²) >= 11 is 0. The van der Waals surface area contributed by atoms with Crippen LogP contribution in [0.1, 0.15) is 0 Å². The van der Waals surface area contributed by atoms with Crippen molar-refractivity contribution < 1.29 is 8.83 Å². The number of hydrogen-bond acceptors (Lipinski definition) is 5. The summed E-state index contributed by atoms with van der Waals surface area (Å²) in [4.78, 5) is 15.1. The number of furan rings is 2. The second kappa shape index (κ2) is 14.7. The van der Waals surface area contributed by atoms with Crippen molar-refractivity contribution in [1.29, 1.82) is 0 Å². The molecule has 0 radical (unpaired) electrons. The van der Waals surface area contributed by atoms with Crippen LogP contribution in [0.3, 0.4) is 0 Å². The Labute approximate surface area is 357 Å². The Kier molecular flexibility index (Phi) is 8.42. The van der Waals surface area contributed by atoms with E-state index in [1.807, 2.05) is 72.8 Å². The van der Waals surface area contributed by atoms with Crippen molar-refractivity contribution in [2.24, 2.45) is 0 Å². The summed E-state index contributed by atoms with van der Waals surface area (Å²) < 4.78 is 13.9. The highest BCUT2D eigenvalue weighted by Gasteiger charge is 2.24. The molecule has 0 N–H and O–H groups in total. The minimum Gasteiger partial charge on any atom is -0.455 e. The summed E-state index contributed by atoms with van der Waals surface area (Å²) in [7, 11) is 0. The van der Waals surface area contributed by atoms with Crippen LogP contribution >= 0.6 is 0 Å². The Morgan fingerprint density at radius 2 is 0.774 bits per heavy atom. The van der Waals surface area contributed by atoms with Crippen LogP contribution in [0.4, 0.5) is 0 Å². The predicted octanol–water partition coefficient (Wildman–Crippen LogP) is 15.3. The van der Waals surface area contributed by atoms with E-state index in [0.717, 1.165) is 105 Å². The average Bonchev–Trinajstić information content (AvgIpc) is 3.94. The van der Waals surface area contributed by atoms with Gasteiger partial charge < -0.3 is 8.83 Å². The fourth-order valence-electron chi connectivity index (χ4n) is 8.79. The zero-order valence-electron chi connectivity index (χ0n) is 33.4. The van der Waals surface area contributed by atoms with Crippen LogP contribution in [0, 0.1) is 0 Å². The third-order valence-electron chi connectivity index (χ3n) is 11.7.